The first-order valence-electron chi connectivity index (χ1n) is 10.4. The van der Waals surface area contributed by atoms with E-state index in [1.165, 1.54) is 6.92 Å². The van der Waals surface area contributed by atoms with Gasteiger partial charge in [0.15, 0.2) is 15.9 Å². The predicted octanol–water partition coefficient (Wildman–Crippen LogP) is 2.56. The number of carbonyl (C=O) groups excluding carboxylic acids is 2. The molecule has 4 rings (SSSR count). The van der Waals surface area contributed by atoms with Crippen LogP contribution in [0.5, 0.6) is 0 Å². The van der Waals surface area contributed by atoms with Gasteiger partial charge in [0, 0.05) is 17.2 Å². The van der Waals surface area contributed by atoms with E-state index in [0.29, 0.717) is 23.8 Å². The van der Waals surface area contributed by atoms with Gasteiger partial charge in [-0.1, -0.05) is 17.7 Å². The number of rotatable bonds is 6. The standard InChI is InChI=1S/C23H23N3O6S/c1-14-3-5-16(6-4-14)21-25-26-22(32-21)17-7-9-18(10-8-17)23(28)31-15(2)20(27)24-19-11-12-33(29,30)13-19/h3-10,15,19H,11-13H2,1-2H3,(H,24,27)/t15-,19+/m0/s1. The zero-order valence-corrected chi connectivity index (χ0v) is 19.0. The first-order chi connectivity index (χ1) is 15.7. The second-order valence-corrected chi connectivity index (χ2v) is 10.2. The van der Waals surface area contributed by atoms with Gasteiger partial charge in [-0.15, -0.1) is 10.2 Å². The number of aryl methyl sites for hydroxylation is 1. The third-order valence-corrected chi connectivity index (χ3v) is 7.09. The molecule has 2 heterocycles. The number of esters is 1. The lowest BCUT2D eigenvalue weighted by molar-refractivity contribution is -0.129. The van der Waals surface area contributed by atoms with E-state index in [1.807, 2.05) is 31.2 Å². The molecule has 2 atom stereocenters. The van der Waals surface area contributed by atoms with Crippen LogP contribution in [0.4, 0.5) is 0 Å². The molecule has 1 aliphatic heterocycles. The number of nitrogens with one attached hydrogen (secondary N) is 1. The molecule has 1 saturated heterocycles. The van der Waals surface area contributed by atoms with Crippen LogP contribution in [-0.4, -0.2) is 54.1 Å². The van der Waals surface area contributed by atoms with E-state index >= 15 is 0 Å². The Morgan fingerprint density at radius 3 is 2.15 bits per heavy atom. The molecular weight excluding hydrogens is 446 g/mol. The van der Waals surface area contributed by atoms with Gasteiger partial charge in [0.2, 0.25) is 11.8 Å². The van der Waals surface area contributed by atoms with E-state index < -0.39 is 33.9 Å². The van der Waals surface area contributed by atoms with Crippen LogP contribution in [0.2, 0.25) is 0 Å². The molecule has 0 bridgehead atoms. The molecule has 1 aromatic heterocycles. The van der Waals surface area contributed by atoms with Crippen LogP contribution in [0.1, 0.15) is 29.3 Å². The summed E-state index contributed by atoms with van der Waals surface area (Å²) in [4.78, 5) is 24.7. The molecular formula is C23H23N3O6S. The number of ether oxygens (including phenoxy) is 1. The van der Waals surface area contributed by atoms with Crippen LogP contribution in [0.3, 0.4) is 0 Å². The molecule has 0 saturated carbocycles. The summed E-state index contributed by atoms with van der Waals surface area (Å²) in [5, 5.41) is 10.7. The largest absolute Gasteiger partial charge is 0.449 e. The van der Waals surface area contributed by atoms with Crippen molar-refractivity contribution >= 4 is 21.7 Å². The average molecular weight is 470 g/mol. The summed E-state index contributed by atoms with van der Waals surface area (Å²) in [7, 11) is -3.12. The minimum Gasteiger partial charge on any atom is -0.449 e. The highest BCUT2D eigenvalue weighted by molar-refractivity contribution is 7.91. The van der Waals surface area contributed by atoms with Gasteiger partial charge in [0.05, 0.1) is 17.1 Å². The fraction of sp³-hybridized carbons (Fsp3) is 0.304. The Hall–Kier alpha value is -3.53. The van der Waals surface area contributed by atoms with Crippen molar-refractivity contribution in [2.75, 3.05) is 11.5 Å². The van der Waals surface area contributed by atoms with Gasteiger partial charge < -0.3 is 14.5 Å². The van der Waals surface area contributed by atoms with Crippen LogP contribution in [0.15, 0.2) is 52.9 Å². The summed E-state index contributed by atoms with van der Waals surface area (Å²) < 4.78 is 34.0. The Labute approximate surface area is 191 Å². The Morgan fingerprint density at radius 2 is 1.61 bits per heavy atom. The number of carbonyl (C=O) groups is 2. The molecule has 1 fully saturated rings. The molecule has 1 N–H and O–H groups in total. The van der Waals surface area contributed by atoms with Crippen molar-refractivity contribution in [3.63, 3.8) is 0 Å². The molecule has 33 heavy (non-hydrogen) atoms. The maximum Gasteiger partial charge on any atom is 0.338 e. The molecule has 0 radical (unpaired) electrons. The molecule has 1 aliphatic rings. The zero-order valence-electron chi connectivity index (χ0n) is 18.1. The highest BCUT2D eigenvalue weighted by Crippen LogP contribution is 2.24. The SMILES string of the molecule is Cc1ccc(-c2nnc(-c3ccc(C(=O)O[C@@H](C)C(=O)N[C@@H]4CCS(=O)(=O)C4)cc3)o2)cc1. The van der Waals surface area contributed by atoms with E-state index in [-0.39, 0.29) is 17.1 Å². The fourth-order valence-corrected chi connectivity index (χ4v) is 5.08. The van der Waals surface area contributed by atoms with Crippen molar-refractivity contribution in [1.29, 1.82) is 0 Å². The van der Waals surface area contributed by atoms with Crippen LogP contribution < -0.4 is 5.32 Å². The van der Waals surface area contributed by atoms with Gasteiger partial charge in [-0.25, -0.2) is 13.2 Å². The van der Waals surface area contributed by atoms with E-state index in [4.69, 9.17) is 9.15 Å². The number of nitrogens with zero attached hydrogens (tertiary/aromatic N) is 2. The summed E-state index contributed by atoms with van der Waals surface area (Å²) in [6, 6.07) is 13.6. The Morgan fingerprint density at radius 1 is 1.03 bits per heavy atom. The van der Waals surface area contributed by atoms with E-state index in [1.54, 1.807) is 24.3 Å². The first kappa shape index (κ1) is 22.7. The second kappa shape index (κ2) is 9.14. The lowest BCUT2D eigenvalue weighted by Gasteiger charge is -2.16. The smallest absolute Gasteiger partial charge is 0.338 e. The molecule has 0 aliphatic carbocycles. The first-order valence-corrected chi connectivity index (χ1v) is 12.2. The molecule has 3 aromatic rings. The lowest BCUT2D eigenvalue weighted by atomic mass is 10.1. The maximum atomic E-state index is 12.4. The van der Waals surface area contributed by atoms with Gasteiger partial charge in [-0.3, -0.25) is 4.79 Å². The Balaban J connectivity index is 1.36. The normalized spacial score (nSPS) is 17.9. The average Bonchev–Trinajstić information content (AvgIpc) is 3.41. The molecule has 10 heteroatoms. The second-order valence-electron chi connectivity index (χ2n) is 8.01. The topological polar surface area (TPSA) is 128 Å². The minimum absolute atomic E-state index is 0.0466. The van der Waals surface area contributed by atoms with Crippen LogP contribution in [0, 0.1) is 6.92 Å². The fourth-order valence-electron chi connectivity index (χ4n) is 3.41. The Bertz CT molecular complexity index is 1270. The number of hydrogen-bond donors (Lipinski definition) is 1. The number of amides is 1. The number of benzene rings is 2. The quantitative estimate of drug-likeness (QED) is 0.546. The van der Waals surface area contributed by atoms with Crippen molar-refractivity contribution in [3.8, 4) is 22.9 Å². The van der Waals surface area contributed by atoms with Gasteiger partial charge in [-0.05, 0) is 56.7 Å². The summed E-state index contributed by atoms with van der Waals surface area (Å²) in [5.41, 5.74) is 2.81. The van der Waals surface area contributed by atoms with Crippen molar-refractivity contribution in [2.24, 2.45) is 0 Å². The highest BCUT2D eigenvalue weighted by Gasteiger charge is 2.30. The monoisotopic (exact) mass is 469 g/mol. The van der Waals surface area contributed by atoms with Crippen molar-refractivity contribution in [3.05, 3.63) is 59.7 Å². The van der Waals surface area contributed by atoms with Gasteiger partial charge in [0.25, 0.3) is 5.91 Å². The molecule has 1 amide bonds. The van der Waals surface area contributed by atoms with Crippen LogP contribution in [-0.2, 0) is 19.4 Å². The summed E-state index contributed by atoms with van der Waals surface area (Å²) in [5.74, 6) is -0.550. The predicted molar refractivity (Wildman–Crippen MR) is 120 cm³/mol. The highest BCUT2D eigenvalue weighted by atomic mass is 32.2. The minimum atomic E-state index is -3.12. The van der Waals surface area contributed by atoms with E-state index in [9.17, 15) is 18.0 Å². The molecule has 0 spiro atoms. The van der Waals surface area contributed by atoms with Gasteiger partial charge >= 0.3 is 5.97 Å². The summed E-state index contributed by atoms with van der Waals surface area (Å²) >= 11 is 0. The van der Waals surface area contributed by atoms with Crippen molar-refractivity contribution in [2.45, 2.75) is 32.4 Å². The zero-order chi connectivity index (χ0) is 23.6. The van der Waals surface area contributed by atoms with Crippen LogP contribution in [0.25, 0.3) is 22.9 Å². The molecule has 172 valence electrons. The summed E-state index contributed by atoms with van der Waals surface area (Å²) in [6.07, 6.45) is -0.703. The van der Waals surface area contributed by atoms with Crippen LogP contribution >= 0.6 is 0 Å². The maximum absolute atomic E-state index is 12.4. The van der Waals surface area contributed by atoms with Crippen molar-refractivity contribution < 1.29 is 27.2 Å². The number of aromatic nitrogens is 2. The molecule has 0 unspecified atom stereocenters. The number of sulfone groups is 1. The third-order valence-electron chi connectivity index (χ3n) is 5.32. The van der Waals surface area contributed by atoms with E-state index in [2.05, 4.69) is 15.5 Å². The molecule has 2 aromatic carbocycles. The van der Waals surface area contributed by atoms with Crippen molar-refractivity contribution in [1.82, 2.24) is 15.5 Å². The third kappa shape index (κ3) is 5.46. The lowest BCUT2D eigenvalue weighted by Crippen LogP contribution is -2.42. The van der Waals surface area contributed by atoms with E-state index in [0.717, 1.165) is 11.1 Å². The van der Waals surface area contributed by atoms with Gasteiger partial charge in [0.1, 0.15) is 0 Å². The molecule has 9 nitrogen and oxygen atoms in total. The van der Waals surface area contributed by atoms with Gasteiger partial charge in [-0.2, -0.15) is 0 Å². The Kier molecular flexibility index (Phi) is 6.28. The number of hydrogen-bond acceptors (Lipinski definition) is 8. The summed E-state index contributed by atoms with van der Waals surface area (Å²) in [6.45, 7) is 3.43.